The Balaban J connectivity index is 2.50. The first-order valence-electron chi connectivity index (χ1n) is 7.83. The van der Waals surface area contributed by atoms with Crippen molar-refractivity contribution in [3.8, 4) is 0 Å². The molecule has 0 saturated heterocycles. The summed E-state index contributed by atoms with van der Waals surface area (Å²) in [5.41, 5.74) is 3.48. The van der Waals surface area contributed by atoms with E-state index in [4.69, 9.17) is 16.6 Å². The van der Waals surface area contributed by atoms with Crippen LogP contribution in [-0.4, -0.2) is 34.1 Å². The third-order valence-electron chi connectivity index (χ3n) is 4.16. The lowest BCUT2D eigenvalue weighted by Gasteiger charge is -2.25. The molecule has 2 unspecified atom stereocenters. The van der Waals surface area contributed by atoms with E-state index in [-0.39, 0.29) is 5.38 Å². The minimum Gasteiger partial charge on any atom is -0.323 e. The Morgan fingerprint density at radius 2 is 1.90 bits per heavy atom. The fraction of sp³-hybridized carbons (Fsp3) is 0.588. The summed E-state index contributed by atoms with van der Waals surface area (Å²) in [6, 6.07) is 6.71. The zero-order valence-corrected chi connectivity index (χ0v) is 14.5. The van der Waals surface area contributed by atoms with E-state index in [9.17, 15) is 0 Å². The van der Waals surface area contributed by atoms with Crippen LogP contribution in [0.2, 0.25) is 0 Å². The van der Waals surface area contributed by atoms with Gasteiger partial charge in [0, 0.05) is 12.6 Å². The summed E-state index contributed by atoms with van der Waals surface area (Å²) in [5.74, 6) is 0.973. The number of rotatable bonds is 6. The van der Waals surface area contributed by atoms with Crippen LogP contribution in [0.4, 0.5) is 0 Å². The number of nitrogens with zero attached hydrogens (tertiary/aromatic N) is 3. The average molecular weight is 308 g/mol. The SMILES string of the molecule is CCN(CC)CC(C)n1c(C(C)Cl)nc2c(C)cccc21. The van der Waals surface area contributed by atoms with Crippen molar-refractivity contribution in [2.24, 2.45) is 0 Å². The minimum absolute atomic E-state index is 0.0871. The van der Waals surface area contributed by atoms with E-state index >= 15 is 0 Å². The van der Waals surface area contributed by atoms with E-state index in [1.165, 1.54) is 11.1 Å². The van der Waals surface area contributed by atoms with Gasteiger partial charge in [0.05, 0.1) is 16.4 Å². The maximum absolute atomic E-state index is 6.38. The van der Waals surface area contributed by atoms with Crippen molar-refractivity contribution in [3.63, 3.8) is 0 Å². The molecule has 2 atom stereocenters. The molecule has 0 radical (unpaired) electrons. The van der Waals surface area contributed by atoms with Crippen molar-refractivity contribution in [3.05, 3.63) is 29.6 Å². The van der Waals surface area contributed by atoms with E-state index in [2.05, 4.69) is 55.4 Å². The predicted molar refractivity (Wildman–Crippen MR) is 91.2 cm³/mol. The molecule has 0 fully saturated rings. The topological polar surface area (TPSA) is 21.1 Å². The van der Waals surface area contributed by atoms with Crippen molar-refractivity contribution in [1.82, 2.24) is 14.5 Å². The number of aryl methyl sites for hydroxylation is 1. The number of benzene rings is 1. The lowest BCUT2D eigenvalue weighted by atomic mass is 10.2. The molecule has 0 aliphatic rings. The van der Waals surface area contributed by atoms with Gasteiger partial charge in [-0.3, -0.25) is 0 Å². The molecular formula is C17H26ClN3. The number of fused-ring (bicyclic) bond motifs is 1. The quantitative estimate of drug-likeness (QED) is 0.730. The summed E-state index contributed by atoms with van der Waals surface area (Å²) >= 11 is 6.38. The van der Waals surface area contributed by atoms with E-state index < -0.39 is 0 Å². The first-order valence-corrected chi connectivity index (χ1v) is 8.27. The molecule has 21 heavy (non-hydrogen) atoms. The smallest absolute Gasteiger partial charge is 0.128 e. The van der Waals surface area contributed by atoms with Crippen LogP contribution in [0.15, 0.2) is 18.2 Å². The number of hydrogen-bond donors (Lipinski definition) is 0. The molecule has 1 heterocycles. The van der Waals surface area contributed by atoms with E-state index in [0.29, 0.717) is 6.04 Å². The Bertz CT molecular complexity index is 599. The standard InChI is InChI=1S/C17H26ClN3/c1-6-20(7-2)11-13(4)21-15-10-8-9-12(3)16(15)19-17(21)14(5)18/h8-10,13-14H,6-7,11H2,1-5H3. The summed E-state index contributed by atoms with van der Waals surface area (Å²) < 4.78 is 2.32. The number of alkyl halides is 1. The Morgan fingerprint density at radius 3 is 2.48 bits per heavy atom. The van der Waals surface area contributed by atoms with Gasteiger partial charge in [-0.15, -0.1) is 11.6 Å². The minimum atomic E-state index is -0.0871. The molecule has 116 valence electrons. The Kier molecular flexibility index (Phi) is 5.28. The normalized spacial score (nSPS) is 14.8. The lowest BCUT2D eigenvalue weighted by Crippen LogP contribution is -2.30. The van der Waals surface area contributed by atoms with Gasteiger partial charge in [0.25, 0.3) is 0 Å². The van der Waals surface area contributed by atoms with Crippen molar-refractivity contribution >= 4 is 22.6 Å². The van der Waals surface area contributed by atoms with Crippen molar-refractivity contribution in [2.45, 2.75) is 46.0 Å². The van der Waals surface area contributed by atoms with Crippen LogP contribution >= 0.6 is 11.6 Å². The zero-order chi connectivity index (χ0) is 15.6. The van der Waals surface area contributed by atoms with E-state index in [0.717, 1.165) is 31.0 Å². The first kappa shape index (κ1) is 16.3. The van der Waals surface area contributed by atoms with Crippen molar-refractivity contribution < 1.29 is 0 Å². The summed E-state index contributed by atoms with van der Waals surface area (Å²) in [6.07, 6.45) is 0. The van der Waals surface area contributed by atoms with Gasteiger partial charge in [0.15, 0.2) is 0 Å². The second-order valence-corrected chi connectivity index (χ2v) is 6.39. The number of para-hydroxylation sites is 1. The number of likely N-dealkylation sites (N-methyl/N-ethyl adjacent to an activating group) is 1. The second kappa shape index (κ2) is 6.80. The van der Waals surface area contributed by atoms with Gasteiger partial charge in [-0.1, -0.05) is 26.0 Å². The molecule has 0 aliphatic carbocycles. The van der Waals surface area contributed by atoms with Crippen LogP contribution in [0.1, 0.15) is 50.5 Å². The highest BCUT2D eigenvalue weighted by atomic mass is 35.5. The summed E-state index contributed by atoms with van der Waals surface area (Å²) in [6.45, 7) is 13.9. The molecule has 0 saturated carbocycles. The van der Waals surface area contributed by atoms with Gasteiger partial charge < -0.3 is 9.47 Å². The molecule has 1 aromatic carbocycles. The fourth-order valence-electron chi connectivity index (χ4n) is 2.96. The molecule has 0 N–H and O–H groups in total. The summed E-state index contributed by atoms with van der Waals surface area (Å²) in [7, 11) is 0. The molecular weight excluding hydrogens is 282 g/mol. The third kappa shape index (κ3) is 3.24. The van der Waals surface area contributed by atoms with Gasteiger partial charge in [-0.25, -0.2) is 4.98 Å². The molecule has 1 aromatic heterocycles. The van der Waals surface area contributed by atoms with Crippen molar-refractivity contribution in [1.29, 1.82) is 0 Å². The Morgan fingerprint density at radius 1 is 1.24 bits per heavy atom. The summed E-state index contributed by atoms with van der Waals surface area (Å²) in [4.78, 5) is 7.24. The summed E-state index contributed by atoms with van der Waals surface area (Å²) in [5, 5.41) is -0.0871. The molecule has 2 rings (SSSR count). The monoisotopic (exact) mass is 307 g/mol. The van der Waals surface area contributed by atoms with Gasteiger partial charge in [-0.05, 0) is 45.5 Å². The number of imidazole rings is 1. The van der Waals surface area contributed by atoms with Gasteiger partial charge in [0.1, 0.15) is 5.82 Å². The molecule has 4 heteroatoms. The van der Waals surface area contributed by atoms with Crippen LogP contribution < -0.4 is 0 Å². The number of halogens is 1. The fourth-order valence-corrected chi connectivity index (χ4v) is 3.11. The number of aromatic nitrogens is 2. The van der Waals surface area contributed by atoms with Gasteiger partial charge >= 0.3 is 0 Å². The van der Waals surface area contributed by atoms with Crippen LogP contribution in [0.5, 0.6) is 0 Å². The zero-order valence-electron chi connectivity index (χ0n) is 13.7. The molecule has 0 spiro atoms. The average Bonchev–Trinajstić information content (AvgIpc) is 2.85. The van der Waals surface area contributed by atoms with Crippen LogP contribution in [-0.2, 0) is 0 Å². The Hall–Kier alpha value is -1.06. The first-order chi connectivity index (χ1) is 9.99. The van der Waals surface area contributed by atoms with Crippen LogP contribution in [0.25, 0.3) is 11.0 Å². The predicted octanol–water partition coefficient (Wildman–Crippen LogP) is 4.55. The Labute approximate surface area is 132 Å². The second-order valence-electron chi connectivity index (χ2n) is 5.73. The molecule has 0 bridgehead atoms. The van der Waals surface area contributed by atoms with Crippen molar-refractivity contribution in [2.75, 3.05) is 19.6 Å². The van der Waals surface area contributed by atoms with E-state index in [1.54, 1.807) is 0 Å². The van der Waals surface area contributed by atoms with Crippen LogP contribution in [0.3, 0.4) is 0 Å². The van der Waals surface area contributed by atoms with Gasteiger partial charge in [0.2, 0.25) is 0 Å². The molecule has 3 nitrogen and oxygen atoms in total. The van der Waals surface area contributed by atoms with Crippen LogP contribution in [0, 0.1) is 6.92 Å². The molecule has 0 amide bonds. The maximum atomic E-state index is 6.38. The molecule has 2 aromatic rings. The highest BCUT2D eigenvalue weighted by Crippen LogP contribution is 2.29. The third-order valence-corrected chi connectivity index (χ3v) is 4.36. The maximum Gasteiger partial charge on any atom is 0.128 e. The largest absolute Gasteiger partial charge is 0.323 e. The van der Waals surface area contributed by atoms with Gasteiger partial charge in [-0.2, -0.15) is 0 Å². The lowest BCUT2D eigenvalue weighted by molar-refractivity contribution is 0.261. The van der Waals surface area contributed by atoms with E-state index in [1.807, 2.05) is 6.92 Å². The highest BCUT2D eigenvalue weighted by molar-refractivity contribution is 6.20. The number of hydrogen-bond acceptors (Lipinski definition) is 2. The molecule has 0 aliphatic heterocycles. The highest BCUT2D eigenvalue weighted by Gasteiger charge is 2.20.